The van der Waals surface area contributed by atoms with Crippen molar-refractivity contribution in [1.29, 1.82) is 0 Å². The average Bonchev–Trinajstić information content (AvgIpc) is 3.24. The molecule has 292 valence electrons. The van der Waals surface area contributed by atoms with Gasteiger partial charge in [0.25, 0.3) is 0 Å². The van der Waals surface area contributed by atoms with Gasteiger partial charge >= 0.3 is 0 Å². The van der Waals surface area contributed by atoms with Gasteiger partial charge in [-0.05, 0) is 60.0 Å². The van der Waals surface area contributed by atoms with Crippen LogP contribution in [0.5, 0.6) is 0 Å². The summed E-state index contributed by atoms with van der Waals surface area (Å²) in [6.45, 7) is 0. The number of hydrogen-bond acceptors (Lipinski definition) is 4. The first-order chi connectivity index (χ1) is 28.2. The summed E-state index contributed by atoms with van der Waals surface area (Å²) in [6.07, 6.45) is 0. The Labute approximate surface area is 348 Å². The number of fused-ring (bicyclic) bond motifs is 2. The SMILES string of the molecule is CN(C)c1cccc2ccc(P(c3ccccc3)c3ccccc3)c(N(C)C)c12.CN(C)c1cccc2ccc(P(c3ccccc3)c3ccccc3)c(N(C)C)c12. The highest BCUT2D eigenvalue weighted by Gasteiger charge is 2.25. The Morgan fingerprint density at radius 3 is 0.828 bits per heavy atom. The van der Waals surface area contributed by atoms with Crippen LogP contribution in [0.1, 0.15) is 0 Å². The van der Waals surface area contributed by atoms with Crippen LogP contribution in [0.4, 0.5) is 22.7 Å². The molecule has 4 nitrogen and oxygen atoms in total. The zero-order valence-corrected chi connectivity index (χ0v) is 36.8. The Balaban J connectivity index is 0.000000177. The van der Waals surface area contributed by atoms with Gasteiger partial charge in [0.05, 0.1) is 11.4 Å². The Morgan fingerprint density at radius 2 is 0.569 bits per heavy atom. The van der Waals surface area contributed by atoms with Gasteiger partial charge in [-0.2, -0.15) is 0 Å². The van der Waals surface area contributed by atoms with E-state index in [1.54, 1.807) is 0 Å². The van der Waals surface area contributed by atoms with Gasteiger partial charge < -0.3 is 19.6 Å². The fraction of sp³-hybridized carbons (Fsp3) is 0.154. The molecule has 0 unspecified atom stereocenters. The van der Waals surface area contributed by atoms with E-state index in [0.717, 1.165) is 0 Å². The van der Waals surface area contributed by atoms with Crippen LogP contribution in [-0.4, -0.2) is 56.4 Å². The van der Waals surface area contributed by atoms with E-state index in [1.807, 2.05) is 0 Å². The summed E-state index contributed by atoms with van der Waals surface area (Å²) in [7, 11) is 15.8. The molecule has 0 amide bonds. The quantitative estimate of drug-likeness (QED) is 0.128. The van der Waals surface area contributed by atoms with Gasteiger partial charge in [0.15, 0.2) is 0 Å². The van der Waals surface area contributed by atoms with Crippen LogP contribution in [-0.2, 0) is 0 Å². The summed E-state index contributed by atoms with van der Waals surface area (Å²) < 4.78 is 0. The lowest BCUT2D eigenvalue weighted by Crippen LogP contribution is -2.26. The van der Waals surface area contributed by atoms with E-state index in [1.165, 1.54) is 76.1 Å². The van der Waals surface area contributed by atoms with Crippen LogP contribution in [0, 0.1) is 0 Å². The number of hydrogen-bond donors (Lipinski definition) is 0. The second-order valence-corrected chi connectivity index (χ2v) is 19.6. The van der Waals surface area contributed by atoms with Crippen molar-refractivity contribution in [3.05, 3.63) is 182 Å². The Kier molecular flexibility index (Phi) is 12.8. The second-order valence-electron chi connectivity index (χ2n) is 15.2. The number of benzene rings is 8. The molecule has 58 heavy (non-hydrogen) atoms. The molecule has 6 heteroatoms. The fourth-order valence-electron chi connectivity index (χ4n) is 7.83. The third-order valence-corrected chi connectivity index (χ3v) is 15.3. The summed E-state index contributed by atoms with van der Waals surface area (Å²) in [5, 5.41) is 13.5. The Bertz CT molecular complexity index is 2310. The third kappa shape index (κ3) is 8.46. The Hall–Kier alpha value is -5.66. The molecule has 0 N–H and O–H groups in total. The van der Waals surface area contributed by atoms with Crippen LogP contribution >= 0.6 is 15.8 Å². The molecule has 0 saturated carbocycles. The van der Waals surface area contributed by atoms with Crippen molar-refractivity contribution in [3.8, 4) is 0 Å². The number of nitrogens with zero attached hydrogens (tertiary/aromatic N) is 4. The highest BCUT2D eigenvalue weighted by molar-refractivity contribution is 7.80. The highest BCUT2D eigenvalue weighted by atomic mass is 31.1. The van der Waals surface area contributed by atoms with Crippen molar-refractivity contribution in [2.45, 2.75) is 0 Å². The van der Waals surface area contributed by atoms with Crippen molar-refractivity contribution < 1.29 is 0 Å². The molecular formula is C52H54N4P2. The minimum Gasteiger partial charge on any atom is -0.377 e. The summed E-state index contributed by atoms with van der Waals surface area (Å²) in [4.78, 5) is 9.00. The molecule has 0 atom stereocenters. The molecule has 0 aromatic heterocycles. The smallest absolute Gasteiger partial charge is 0.0546 e. The molecule has 0 saturated heterocycles. The van der Waals surface area contributed by atoms with Crippen LogP contribution in [0.15, 0.2) is 182 Å². The van der Waals surface area contributed by atoms with Gasteiger partial charge in [0.1, 0.15) is 0 Å². The molecule has 8 aromatic carbocycles. The number of anilines is 4. The van der Waals surface area contributed by atoms with Crippen molar-refractivity contribution in [1.82, 2.24) is 0 Å². The van der Waals surface area contributed by atoms with E-state index >= 15 is 0 Å². The van der Waals surface area contributed by atoms with Crippen molar-refractivity contribution in [3.63, 3.8) is 0 Å². The van der Waals surface area contributed by atoms with E-state index in [2.05, 4.69) is 258 Å². The molecule has 0 radical (unpaired) electrons. The molecule has 0 heterocycles. The lowest BCUT2D eigenvalue weighted by molar-refractivity contribution is 1.13. The lowest BCUT2D eigenvalue weighted by Gasteiger charge is -2.29. The van der Waals surface area contributed by atoms with E-state index in [9.17, 15) is 0 Å². The van der Waals surface area contributed by atoms with Gasteiger partial charge in [0.2, 0.25) is 0 Å². The predicted octanol–water partition coefficient (Wildman–Crippen LogP) is 9.46. The lowest BCUT2D eigenvalue weighted by atomic mass is 10.1. The van der Waals surface area contributed by atoms with Gasteiger partial charge in [-0.15, -0.1) is 0 Å². The molecular weight excluding hydrogens is 743 g/mol. The van der Waals surface area contributed by atoms with Crippen molar-refractivity contribution in [2.24, 2.45) is 0 Å². The zero-order valence-electron chi connectivity index (χ0n) is 35.0. The zero-order chi connectivity index (χ0) is 40.8. The maximum Gasteiger partial charge on any atom is 0.0546 e. The predicted molar refractivity (Wildman–Crippen MR) is 263 cm³/mol. The highest BCUT2D eigenvalue weighted by Crippen LogP contribution is 2.43. The fourth-order valence-corrected chi connectivity index (χ4v) is 12.9. The molecule has 8 aromatic rings. The van der Waals surface area contributed by atoms with Gasteiger partial charge in [-0.1, -0.05) is 170 Å². The van der Waals surface area contributed by atoms with Crippen LogP contribution in [0.3, 0.4) is 0 Å². The summed E-state index contributed by atoms with van der Waals surface area (Å²) >= 11 is 0. The molecule has 0 aliphatic carbocycles. The first-order valence-corrected chi connectivity index (χ1v) is 22.4. The normalized spacial score (nSPS) is 11.1. The molecule has 0 fully saturated rings. The monoisotopic (exact) mass is 796 g/mol. The van der Waals surface area contributed by atoms with Crippen molar-refractivity contribution >= 4 is 92.0 Å². The Morgan fingerprint density at radius 1 is 0.276 bits per heavy atom. The molecule has 0 spiro atoms. The first kappa shape index (κ1) is 40.5. The maximum absolute atomic E-state index is 2.34. The van der Waals surface area contributed by atoms with E-state index in [4.69, 9.17) is 0 Å². The van der Waals surface area contributed by atoms with Crippen molar-refractivity contribution in [2.75, 3.05) is 76.0 Å². The van der Waals surface area contributed by atoms with E-state index in [-0.39, 0.29) is 0 Å². The van der Waals surface area contributed by atoms with Gasteiger partial charge in [-0.3, -0.25) is 0 Å². The number of rotatable bonds is 10. The van der Waals surface area contributed by atoms with Gasteiger partial charge in [-0.25, -0.2) is 0 Å². The topological polar surface area (TPSA) is 13.0 Å². The molecule has 0 bridgehead atoms. The standard InChI is InChI=1S/2C26H27N2P/c2*1-27(2)23-17-11-12-20-18-19-24(26(25(20)23)28(3)4)29(21-13-7-5-8-14-21)22-15-9-6-10-16-22/h2*5-19H,1-4H3. The van der Waals surface area contributed by atoms with E-state index < -0.39 is 15.8 Å². The molecule has 0 aliphatic heterocycles. The first-order valence-electron chi connectivity index (χ1n) is 19.8. The minimum atomic E-state index is -0.664. The second kappa shape index (κ2) is 18.3. The summed E-state index contributed by atoms with van der Waals surface area (Å²) in [6, 6.07) is 66.1. The average molecular weight is 797 g/mol. The summed E-state index contributed by atoms with van der Waals surface area (Å²) in [5.74, 6) is 0. The van der Waals surface area contributed by atoms with E-state index in [0.29, 0.717) is 0 Å². The molecule has 8 rings (SSSR count). The minimum absolute atomic E-state index is 0.664. The summed E-state index contributed by atoms with van der Waals surface area (Å²) in [5.41, 5.74) is 5.13. The van der Waals surface area contributed by atoms with Gasteiger partial charge in [0, 0.05) is 89.1 Å². The van der Waals surface area contributed by atoms with Crippen LogP contribution in [0.25, 0.3) is 21.5 Å². The van der Waals surface area contributed by atoms with Crippen LogP contribution in [0.2, 0.25) is 0 Å². The largest absolute Gasteiger partial charge is 0.377 e. The maximum atomic E-state index is 2.34. The third-order valence-electron chi connectivity index (χ3n) is 10.3. The molecule has 0 aliphatic rings. The van der Waals surface area contributed by atoms with Crippen LogP contribution < -0.4 is 51.4 Å².